The van der Waals surface area contributed by atoms with Crippen molar-refractivity contribution in [3.8, 4) is 0 Å². The van der Waals surface area contributed by atoms with E-state index >= 15 is 0 Å². The minimum atomic E-state index is -4.39. The van der Waals surface area contributed by atoms with E-state index in [9.17, 15) is 31.5 Å². The monoisotopic (exact) mass is 678 g/mol. The Bertz CT molecular complexity index is 1790. The summed E-state index contributed by atoms with van der Waals surface area (Å²) in [6.07, 6.45) is 0.0996. The average Bonchev–Trinajstić information content (AvgIpc) is 3.59. The molecule has 1 amide bonds. The molecule has 4 N–H and O–H groups in total. The SMILES string of the molecule is CCc1cn2c3c(cc(C(=O)N[C@@H](Cc4ccccc4)[C@H](O)CNCc4cnn(CC(F)(F)F)c4)cc13)N(C)S(=O)(=O)CC2.O=CO. The molecule has 12 nitrogen and oxygen atoms in total. The summed E-state index contributed by atoms with van der Waals surface area (Å²) in [5.74, 6) is -0.532. The summed E-state index contributed by atoms with van der Waals surface area (Å²) in [7, 11) is -2.10. The maximum absolute atomic E-state index is 13.7. The Morgan fingerprint density at radius 3 is 2.51 bits per heavy atom. The molecule has 0 unspecified atom stereocenters. The first-order valence-corrected chi connectivity index (χ1v) is 16.4. The van der Waals surface area contributed by atoms with Gasteiger partial charge in [0.25, 0.3) is 12.4 Å². The number of nitrogens with zero attached hydrogens (tertiary/aromatic N) is 4. The van der Waals surface area contributed by atoms with Gasteiger partial charge in [-0.1, -0.05) is 37.3 Å². The average molecular weight is 679 g/mol. The molecular weight excluding hydrogens is 641 g/mol. The van der Waals surface area contributed by atoms with Crippen LogP contribution in [0.1, 0.15) is 34.0 Å². The molecule has 0 aliphatic carbocycles. The summed E-state index contributed by atoms with van der Waals surface area (Å²) in [5.41, 5.74) is 3.82. The molecule has 16 heteroatoms. The zero-order chi connectivity index (χ0) is 34.4. The predicted molar refractivity (Wildman–Crippen MR) is 170 cm³/mol. The molecular formula is C31H37F3N6O6S. The first-order chi connectivity index (χ1) is 22.3. The number of alkyl halides is 3. The summed E-state index contributed by atoms with van der Waals surface area (Å²) in [6, 6.07) is 11.9. The maximum Gasteiger partial charge on any atom is 0.408 e. The number of aliphatic hydroxyl groups excluding tert-OH is 1. The number of carboxylic acid groups (broad SMARTS) is 1. The van der Waals surface area contributed by atoms with E-state index in [-0.39, 0.29) is 30.9 Å². The van der Waals surface area contributed by atoms with Gasteiger partial charge in [-0.25, -0.2) is 8.42 Å². The molecule has 0 bridgehead atoms. The van der Waals surface area contributed by atoms with Crippen LogP contribution in [0.25, 0.3) is 10.9 Å². The van der Waals surface area contributed by atoms with Crippen LogP contribution in [0.4, 0.5) is 18.9 Å². The number of benzene rings is 2. The van der Waals surface area contributed by atoms with Gasteiger partial charge in [0.15, 0.2) is 0 Å². The van der Waals surface area contributed by atoms with Gasteiger partial charge in [0.2, 0.25) is 10.0 Å². The zero-order valence-corrected chi connectivity index (χ0v) is 26.6. The quantitative estimate of drug-likeness (QED) is 0.176. The Morgan fingerprint density at radius 1 is 1.15 bits per heavy atom. The number of rotatable bonds is 11. The van der Waals surface area contributed by atoms with Crippen molar-refractivity contribution >= 4 is 39.0 Å². The van der Waals surface area contributed by atoms with Crippen molar-refractivity contribution in [2.24, 2.45) is 0 Å². The third-order valence-electron chi connectivity index (χ3n) is 7.81. The third kappa shape index (κ3) is 8.90. The fraction of sp³-hybridized carbons (Fsp3) is 0.387. The van der Waals surface area contributed by atoms with Crippen LogP contribution in [-0.2, 0) is 47.3 Å². The van der Waals surface area contributed by atoms with E-state index in [1.165, 1.54) is 23.7 Å². The summed E-state index contributed by atoms with van der Waals surface area (Å²) >= 11 is 0. The van der Waals surface area contributed by atoms with E-state index in [1.54, 1.807) is 12.1 Å². The number of carbonyl (C=O) groups is 2. The normalized spacial score (nSPS) is 15.3. The number of anilines is 1. The lowest BCUT2D eigenvalue weighted by Gasteiger charge is -2.25. The largest absolute Gasteiger partial charge is 0.483 e. The van der Waals surface area contributed by atoms with E-state index in [2.05, 4.69) is 15.7 Å². The van der Waals surface area contributed by atoms with Crippen LogP contribution in [0.15, 0.2) is 61.1 Å². The fourth-order valence-electron chi connectivity index (χ4n) is 5.50. The van der Waals surface area contributed by atoms with E-state index in [1.807, 2.05) is 48.0 Å². The molecule has 47 heavy (non-hydrogen) atoms. The topological polar surface area (TPSA) is 159 Å². The second-order valence-electron chi connectivity index (χ2n) is 11.1. The van der Waals surface area contributed by atoms with Gasteiger partial charge in [0, 0.05) is 55.6 Å². The van der Waals surface area contributed by atoms with Gasteiger partial charge in [-0.05, 0) is 36.1 Å². The minimum absolute atomic E-state index is 0.0380. The molecule has 4 aromatic rings. The second kappa shape index (κ2) is 15.0. The summed E-state index contributed by atoms with van der Waals surface area (Å²) in [4.78, 5) is 22.1. The highest BCUT2D eigenvalue weighted by atomic mass is 32.2. The molecule has 1 aliphatic heterocycles. The van der Waals surface area contributed by atoms with E-state index in [4.69, 9.17) is 9.90 Å². The molecule has 0 saturated carbocycles. The number of aryl methyl sites for hydroxylation is 2. The van der Waals surface area contributed by atoms with Gasteiger partial charge in [-0.3, -0.25) is 18.6 Å². The number of aromatic nitrogens is 3. The summed E-state index contributed by atoms with van der Waals surface area (Å²) in [5, 5.41) is 28.6. The number of halogens is 3. The molecule has 2 aromatic carbocycles. The zero-order valence-electron chi connectivity index (χ0n) is 25.8. The Hall–Kier alpha value is -4.41. The number of sulfonamides is 1. The first kappa shape index (κ1) is 35.4. The highest BCUT2D eigenvalue weighted by Crippen LogP contribution is 2.35. The van der Waals surface area contributed by atoms with Crippen LogP contribution >= 0.6 is 0 Å². The molecule has 3 heterocycles. The molecule has 254 valence electrons. The Kier molecular flexibility index (Phi) is 11.3. The van der Waals surface area contributed by atoms with Gasteiger partial charge < -0.3 is 25.4 Å². The van der Waals surface area contributed by atoms with Crippen molar-refractivity contribution in [1.29, 1.82) is 0 Å². The number of hydrogen-bond acceptors (Lipinski definition) is 7. The van der Waals surface area contributed by atoms with E-state index in [0.717, 1.165) is 26.7 Å². The lowest BCUT2D eigenvalue weighted by molar-refractivity contribution is -0.142. The standard InChI is InChI=1S/C30H35F3N6O4S.CH2O2/c1-3-22-18-38-9-10-44(42,43)37(2)26-13-23(12-24(22)28(26)38)29(41)36-25(11-20-7-5-4-6-8-20)27(40)16-34-14-21-15-35-39(17-21)19-30(31,32)33;2-1-3/h4-8,12-13,15,17-18,25,27,34,40H,3,9-11,14,16,19H2,1-2H3,(H,36,41);1H,(H,2,3)/t25-,27+;/m0./s1. The minimum Gasteiger partial charge on any atom is -0.483 e. The van der Waals surface area contributed by atoms with Gasteiger partial charge in [0.05, 0.1) is 35.3 Å². The van der Waals surface area contributed by atoms with Crippen LogP contribution in [0.2, 0.25) is 0 Å². The third-order valence-corrected chi connectivity index (χ3v) is 9.54. The molecule has 5 rings (SSSR count). The molecule has 0 spiro atoms. The summed E-state index contributed by atoms with van der Waals surface area (Å²) in [6.45, 7) is 1.07. The smallest absolute Gasteiger partial charge is 0.408 e. The lowest BCUT2D eigenvalue weighted by Crippen LogP contribution is -2.48. The van der Waals surface area contributed by atoms with Crippen LogP contribution in [0, 0.1) is 0 Å². The highest BCUT2D eigenvalue weighted by molar-refractivity contribution is 7.92. The predicted octanol–water partition coefficient (Wildman–Crippen LogP) is 2.93. The molecule has 0 saturated heterocycles. The van der Waals surface area contributed by atoms with Crippen molar-refractivity contribution in [2.75, 3.05) is 23.7 Å². The molecule has 1 aliphatic rings. The van der Waals surface area contributed by atoms with Crippen LogP contribution in [0.5, 0.6) is 0 Å². The summed E-state index contributed by atoms with van der Waals surface area (Å²) < 4.78 is 67.7. The van der Waals surface area contributed by atoms with Crippen molar-refractivity contribution < 1.29 is 41.4 Å². The lowest BCUT2D eigenvalue weighted by atomic mass is 9.99. The Labute approximate surface area is 269 Å². The number of aliphatic hydroxyl groups is 1. The maximum atomic E-state index is 13.7. The molecule has 0 fully saturated rings. The van der Waals surface area contributed by atoms with Crippen molar-refractivity contribution in [2.45, 2.75) is 57.7 Å². The van der Waals surface area contributed by atoms with Crippen LogP contribution < -0.4 is 14.9 Å². The second-order valence-corrected chi connectivity index (χ2v) is 13.2. The van der Waals surface area contributed by atoms with Crippen LogP contribution in [-0.4, -0.2) is 83.0 Å². The van der Waals surface area contributed by atoms with Crippen molar-refractivity contribution in [1.82, 2.24) is 25.0 Å². The number of hydrogen-bond donors (Lipinski definition) is 4. The van der Waals surface area contributed by atoms with E-state index < -0.39 is 40.8 Å². The van der Waals surface area contributed by atoms with Gasteiger partial charge >= 0.3 is 6.18 Å². The van der Waals surface area contributed by atoms with Crippen molar-refractivity contribution in [3.63, 3.8) is 0 Å². The number of amides is 1. The van der Waals surface area contributed by atoms with Gasteiger partial charge in [-0.2, -0.15) is 18.3 Å². The molecule has 2 aromatic heterocycles. The van der Waals surface area contributed by atoms with Crippen LogP contribution in [0.3, 0.4) is 0 Å². The molecule has 2 atom stereocenters. The first-order valence-electron chi connectivity index (χ1n) is 14.8. The van der Waals surface area contributed by atoms with E-state index in [0.29, 0.717) is 30.6 Å². The highest BCUT2D eigenvalue weighted by Gasteiger charge is 2.30. The van der Waals surface area contributed by atoms with Gasteiger partial charge in [-0.15, -0.1) is 0 Å². The number of nitrogens with one attached hydrogen (secondary N) is 2. The van der Waals surface area contributed by atoms with Crippen molar-refractivity contribution in [3.05, 3.63) is 83.3 Å². The Morgan fingerprint density at radius 2 is 1.85 bits per heavy atom. The number of carbonyl (C=O) groups excluding carboxylic acids is 1. The Balaban J connectivity index is 0.00000160. The fourth-order valence-corrected chi connectivity index (χ4v) is 6.64. The van der Waals surface area contributed by atoms with Gasteiger partial charge in [0.1, 0.15) is 6.54 Å². The molecule has 0 radical (unpaired) electrons.